The predicted octanol–water partition coefficient (Wildman–Crippen LogP) is 2.90. The maximum absolute atomic E-state index is 12.2. The third-order valence-electron chi connectivity index (χ3n) is 3.03. The van der Waals surface area contributed by atoms with Crippen molar-refractivity contribution < 1.29 is 9.59 Å². The summed E-state index contributed by atoms with van der Waals surface area (Å²) in [4.78, 5) is 28.7. The Balaban J connectivity index is 1.86. The molecule has 112 valence electrons. The smallest absolute Gasteiger partial charge is 0.261 e. The number of carbonyl (C=O) groups is 2. The molecule has 0 radical (unpaired) electrons. The molecule has 1 N–H and O–H groups in total. The van der Waals surface area contributed by atoms with Gasteiger partial charge in [0.05, 0.1) is 18.0 Å². The quantitative estimate of drug-likeness (QED) is 0.889. The largest absolute Gasteiger partial charge is 0.342 e. The van der Waals surface area contributed by atoms with Crippen LogP contribution in [0.2, 0.25) is 0 Å². The lowest BCUT2D eigenvalue weighted by Crippen LogP contribution is -2.39. The summed E-state index contributed by atoms with van der Waals surface area (Å²) in [7, 11) is 0. The Hall–Kier alpha value is -1.66. The highest BCUT2D eigenvalue weighted by Gasteiger charge is 2.15. The standard InChI is InChI=1S/C15H18N2O2S2/c1-3-17(10-12-5-4-8-20-12)14(18)9-16-15(19)13-7-6-11(2)21-13/h4-8H,3,9-10H2,1-2H3,(H,16,19). The zero-order valence-corrected chi connectivity index (χ0v) is 13.7. The van der Waals surface area contributed by atoms with E-state index in [-0.39, 0.29) is 18.4 Å². The number of likely N-dealkylation sites (N-methyl/N-ethyl adjacent to an activating group) is 1. The fourth-order valence-corrected chi connectivity index (χ4v) is 3.38. The van der Waals surface area contributed by atoms with Crippen molar-refractivity contribution in [1.29, 1.82) is 0 Å². The first-order chi connectivity index (χ1) is 10.1. The van der Waals surface area contributed by atoms with E-state index in [9.17, 15) is 9.59 Å². The Morgan fingerprint density at radius 2 is 2.10 bits per heavy atom. The van der Waals surface area contributed by atoms with Crippen LogP contribution < -0.4 is 5.32 Å². The van der Waals surface area contributed by atoms with Gasteiger partial charge in [0.25, 0.3) is 5.91 Å². The Bertz CT molecular complexity index is 605. The number of nitrogens with one attached hydrogen (secondary N) is 1. The number of hydrogen-bond donors (Lipinski definition) is 1. The Morgan fingerprint density at radius 1 is 1.29 bits per heavy atom. The Kier molecular flexibility index (Phi) is 5.52. The van der Waals surface area contributed by atoms with Gasteiger partial charge >= 0.3 is 0 Å². The van der Waals surface area contributed by atoms with Crippen molar-refractivity contribution in [3.63, 3.8) is 0 Å². The molecule has 0 atom stereocenters. The zero-order valence-electron chi connectivity index (χ0n) is 12.1. The summed E-state index contributed by atoms with van der Waals surface area (Å²) in [6.45, 7) is 5.16. The average molecular weight is 322 g/mol. The van der Waals surface area contributed by atoms with Crippen LogP contribution in [0.15, 0.2) is 29.6 Å². The SMILES string of the molecule is CCN(Cc1cccs1)C(=O)CNC(=O)c1ccc(C)s1. The molecule has 2 amide bonds. The van der Waals surface area contributed by atoms with Gasteiger partial charge in [-0.05, 0) is 37.4 Å². The molecule has 0 bridgehead atoms. The van der Waals surface area contributed by atoms with Crippen LogP contribution in [0.25, 0.3) is 0 Å². The first-order valence-electron chi connectivity index (χ1n) is 6.75. The molecule has 0 fully saturated rings. The van der Waals surface area contributed by atoms with Gasteiger partial charge in [-0.1, -0.05) is 6.07 Å². The fraction of sp³-hybridized carbons (Fsp3) is 0.333. The van der Waals surface area contributed by atoms with Gasteiger partial charge in [0.2, 0.25) is 5.91 Å². The minimum absolute atomic E-state index is 0.0367. The lowest BCUT2D eigenvalue weighted by Gasteiger charge is -2.20. The minimum Gasteiger partial charge on any atom is -0.342 e. The monoisotopic (exact) mass is 322 g/mol. The summed E-state index contributed by atoms with van der Waals surface area (Å²) in [6.07, 6.45) is 0. The molecular formula is C15H18N2O2S2. The van der Waals surface area contributed by atoms with E-state index in [0.29, 0.717) is 18.0 Å². The van der Waals surface area contributed by atoms with Crippen LogP contribution in [0.1, 0.15) is 26.3 Å². The number of hydrogen-bond acceptors (Lipinski definition) is 4. The third-order valence-corrected chi connectivity index (χ3v) is 4.89. The van der Waals surface area contributed by atoms with Crippen LogP contribution in [0.5, 0.6) is 0 Å². The second kappa shape index (κ2) is 7.38. The topological polar surface area (TPSA) is 49.4 Å². The Morgan fingerprint density at radius 3 is 2.67 bits per heavy atom. The molecule has 0 saturated heterocycles. The minimum atomic E-state index is -0.186. The number of aryl methyl sites for hydroxylation is 1. The number of amides is 2. The van der Waals surface area contributed by atoms with Gasteiger partial charge in [-0.15, -0.1) is 22.7 Å². The van der Waals surface area contributed by atoms with Gasteiger partial charge in [-0.25, -0.2) is 0 Å². The lowest BCUT2D eigenvalue weighted by atomic mass is 10.3. The van der Waals surface area contributed by atoms with Crippen LogP contribution >= 0.6 is 22.7 Å². The highest BCUT2D eigenvalue weighted by Crippen LogP contribution is 2.15. The van der Waals surface area contributed by atoms with Gasteiger partial charge in [0, 0.05) is 16.3 Å². The van der Waals surface area contributed by atoms with Crippen LogP contribution in [0, 0.1) is 6.92 Å². The molecule has 2 aromatic rings. The molecule has 0 unspecified atom stereocenters. The maximum Gasteiger partial charge on any atom is 0.261 e. The summed E-state index contributed by atoms with van der Waals surface area (Å²) in [6, 6.07) is 7.66. The molecule has 0 saturated carbocycles. The summed E-state index contributed by atoms with van der Waals surface area (Å²) < 4.78 is 0. The molecule has 6 heteroatoms. The van der Waals surface area contributed by atoms with Crippen molar-refractivity contribution in [2.24, 2.45) is 0 Å². The van der Waals surface area contributed by atoms with Gasteiger partial charge in [-0.2, -0.15) is 0 Å². The number of nitrogens with zero attached hydrogens (tertiary/aromatic N) is 1. The highest BCUT2D eigenvalue weighted by molar-refractivity contribution is 7.13. The summed E-state index contributed by atoms with van der Waals surface area (Å²) in [5.41, 5.74) is 0. The van der Waals surface area contributed by atoms with E-state index in [4.69, 9.17) is 0 Å². The number of rotatable bonds is 6. The zero-order chi connectivity index (χ0) is 15.2. The molecule has 0 aliphatic carbocycles. The molecular weight excluding hydrogens is 304 g/mol. The van der Waals surface area contributed by atoms with E-state index in [1.54, 1.807) is 22.3 Å². The van der Waals surface area contributed by atoms with Gasteiger partial charge in [-0.3, -0.25) is 9.59 Å². The van der Waals surface area contributed by atoms with Crippen LogP contribution in [-0.4, -0.2) is 29.8 Å². The van der Waals surface area contributed by atoms with E-state index in [2.05, 4.69) is 5.32 Å². The molecule has 0 aliphatic rings. The number of thiophene rings is 2. The van der Waals surface area contributed by atoms with Crippen LogP contribution in [-0.2, 0) is 11.3 Å². The molecule has 2 rings (SSSR count). The summed E-state index contributed by atoms with van der Waals surface area (Å²) >= 11 is 3.06. The molecule has 21 heavy (non-hydrogen) atoms. The van der Waals surface area contributed by atoms with Crippen molar-refractivity contribution in [3.05, 3.63) is 44.3 Å². The van der Waals surface area contributed by atoms with Crippen molar-refractivity contribution in [2.75, 3.05) is 13.1 Å². The first-order valence-corrected chi connectivity index (χ1v) is 8.44. The molecule has 4 nitrogen and oxygen atoms in total. The normalized spacial score (nSPS) is 10.4. The molecule has 2 aromatic heterocycles. The third kappa shape index (κ3) is 4.41. The molecule has 0 aliphatic heterocycles. The lowest BCUT2D eigenvalue weighted by molar-refractivity contribution is -0.130. The molecule has 0 aromatic carbocycles. The fourth-order valence-electron chi connectivity index (χ4n) is 1.88. The number of carbonyl (C=O) groups excluding carboxylic acids is 2. The van der Waals surface area contributed by atoms with Crippen molar-refractivity contribution in [3.8, 4) is 0 Å². The molecule has 0 spiro atoms. The van der Waals surface area contributed by atoms with E-state index in [1.807, 2.05) is 37.4 Å². The predicted molar refractivity (Wildman–Crippen MR) is 86.8 cm³/mol. The van der Waals surface area contributed by atoms with Crippen molar-refractivity contribution in [2.45, 2.75) is 20.4 Å². The van der Waals surface area contributed by atoms with Gasteiger partial charge in [0.15, 0.2) is 0 Å². The van der Waals surface area contributed by atoms with Crippen molar-refractivity contribution >= 4 is 34.5 Å². The van der Waals surface area contributed by atoms with Gasteiger partial charge in [0.1, 0.15) is 0 Å². The maximum atomic E-state index is 12.2. The molecule has 2 heterocycles. The first kappa shape index (κ1) is 15.7. The van der Waals surface area contributed by atoms with E-state index in [1.165, 1.54) is 11.3 Å². The Labute approximate surface area is 132 Å². The van der Waals surface area contributed by atoms with E-state index >= 15 is 0 Å². The van der Waals surface area contributed by atoms with Crippen molar-refractivity contribution in [1.82, 2.24) is 10.2 Å². The van der Waals surface area contributed by atoms with Gasteiger partial charge < -0.3 is 10.2 Å². The van der Waals surface area contributed by atoms with Crippen LogP contribution in [0.4, 0.5) is 0 Å². The highest BCUT2D eigenvalue weighted by atomic mass is 32.1. The summed E-state index contributed by atoms with van der Waals surface area (Å²) in [5.74, 6) is -0.249. The van der Waals surface area contributed by atoms with E-state index in [0.717, 1.165) is 9.75 Å². The summed E-state index contributed by atoms with van der Waals surface area (Å²) in [5, 5.41) is 4.68. The van der Waals surface area contributed by atoms with Crippen LogP contribution in [0.3, 0.4) is 0 Å². The second-order valence-corrected chi connectivity index (χ2v) is 6.90. The van der Waals surface area contributed by atoms with E-state index < -0.39 is 0 Å². The average Bonchev–Trinajstić information content (AvgIpc) is 3.13. The second-order valence-electron chi connectivity index (χ2n) is 4.58.